The Morgan fingerprint density at radius 1 is 1.20 bits per heavy atom. The first-order valence-corrected chi connectivity index (χ1v) is 10.7. The van der Waals surface area contributed by atoms with Gasteiger partial charge in [0.25, 0.3) is 5.91 Å². The highest BCUT2D eigenvalue weighted by Gasteiger charge is 2.38. The lowest BCUT2D eigenvalue weighted by Crippen LogP contribution is -2.44. The monoisotopic (exact) mass is 435 g/mol. The minimum absolute atomic E-state index is 0.0580. The summed E-state index contributed by atoms with van der Waals surface area (Å²) < 4.78 is 40.7. The SMILES string of the molecule is COc1ccc(N(C(=O)CN2C(=O)OC[C@@H]2c2ccccc2)S(C)(=O)=O)c(OC)n1. The maximum atomic E-state index is 13.1. The van der Waals surface area contributed by atoms with Crippen molar-refractivity contribution >= 4 is 27.7 Å². The van der Waals surface area contributed by atoms with Crippen molar-refractivity contribution in [1.82, 2.24) is 9.88 Å². The van der Waals surface area contributed by atoms with Gasteiger partial charge in [-0.15, -0.1) is 0 Å². The number of carbonyl (C=O) groups excluding carboxylic acids is 2. The van der Waals surface area contributed by atoms with E-state index in [-0.39, 0.29) is 24.1 Å². The van der Waals surface area contributed by atoms with Crippen molar-refractivity contribution in [1.29, 1.82) is 0 Å². The normalized spacial score (nSPS) is 16.2. The predicted octanol–water partition coefficient (Wildman–Crippen LogP) is 1.58. The second kappa shape index (κ2) is 8.57. The van der Waals surface area contributed by atoms with Crippen molar-refractivity contribution in [3.63, 3.8) is 0 Å². The van der Waals surface area contributed by atoms with Gasteiger partial charge < -0.3 is 14.2 Å². The molecule has 1 atom stereocenters. The average molecular weight is 435 g/mol. The van der Waals surface area contributed by atoms with Gasteiger partial charge in [-0.25, -0.2) is 13.2 Å². The molecule has 0 bridgehead atoms. The highest BCUT2D eigenvalue weighted by molar-refractivity contribution is 7.92. The van der Waals surface area contributed by atoms with Crippen LogP contribution in [-0.4, -0.2) is 63.9 Å². The highest BCUT2D eigenvalue weighted by Crippen LogP contribution is 2.32. The number of carbonyl (C=O) groups is 2. The van der Waals surface area contributed by atoms with Gasteiger partial charge in [0, 0.05) is 6.07 Å². The lowest BCUT2D eigenvalue weighted by molar-refractivity contribution is -0.118. The van der Waals surface area contributed by atoms with Gasteiger partial charge in [-0.3, -0.25) is 9.69 Å². The Morgan fingerprint density at radius 2 is 1.90 bits per heavy atom. The molecule has 0 saturated carbocycles. The van der Waals surface area contributed by atoms with Crippen LogP contribution in [0.5, 0.6) is 11.8 Å². The number of aromatic nitrogens is 1. The molecule has 2 aromatic rings. The molecule has 0 unspecified atom stereocenters. The van der Waals surface area contributed by atoms with Gasteiger partial charge >= 0.3 is 6.09 Å². The Kier molecular flexibility index (Phi) is 6.11. The van der Waals surface area contributed by atoms with Crippen molar-refractivity contribution < 1.29 is 32.2 Å². The van der Waals surface area contributed by atoms with E-state index in [4.69, 9.17) is 14.2 Å². The quantitative estimate of drug-likeness (QED) is 0.644. The molecule has 1 aromatic carbocycles. The number of anilines is 1. The fraction of sp³-hybridized carbons (Fsp3) is 0.316. The fourth-order valence-corrected chi connectivity index (χ4v) is 4.04. The molecule has 0 spiro atoms. The summed E-state index contributed by atoms with van der Waals surface area (Å²) in [6.45, 7) is -0.455. The number of ether oxygens (including phenoxy) is 3. The molecule has 10 nitrogen and oxygen atoms in total. The number of cyclic esters (lactones) is 1. The number of rotatable bonds is 7. The minimum atomic E-state index is -4.07. The molecule has 160 valence electrons. The molecule has 0 N–H and O–H groups in total. The molecular formula is C19H21N3O7S. The van der Waals surface area contributed by atoms with Gasteiger partial charge in [0.1, 0.15) is 18.8 Å². The molecule has 1 aliphatic heterocycles. The van der Waals surface area contributed by atoms with Gasteiger partial charge in [0.2, 0.25) is 21.8 Å². The van der Waals surface area contributed by atoms with E-state index >= 15 is 0 Å². The van der Waals surface area contributed by atoms with Crippen molar-refractivity contribution in [3.8, 4) is 11.8 Å². The number of amides is 2. The zero-order valence-electron chi connectivity index (χ0n) is 16.6. The lowest BCUT2D eigenvalue weighted by Gasteiger charge is -2.26. The summed E-state index contributed by atoms with van der Waals surface area (Å²) in [4.78, 5) is 30.5. The summed E-state index contributed by atoms with van der Waals surface area (Å²) in [5.74, 6) is -0.789. The van der Waals surface area contributed by atoms with Gasteiger partial charge in [0.15, 0.2) is 0 Å². The third-order valence-corrected chi connectivity index (χ3v) is 5.52. The molecule has 1 aromatic heterocycles. The summed E-state index contributed by atoms with van der Waals surface area (Å²) in [5.41, 5.74) is 0.681. The Morgan fingerprint density at radius 3 is 2.50 bits per heavy atom. The largest absolute Gasteiger partial charge is 0.481 e. The Bertz CT molecular complexity index is 1040. The molecule has 2 amide bonds. The van der Waals surface area contributed by atoms with Gasteiger partial charge in [-0.05, 0) is 11.6 Å². The standard InChI is InChI=1S/C19H21N3O7S/c1-27-16-10-9-14(18(20-16)28-2)22(30(3,25)26)17(23)11-21-15(12-29-19(21)24)13-7-5-4-6-8-13/h4-10,15H,11-12H2,1-3H3/t15-/m1/s1. The van der Waals surface area contributed by atoms with E-state index in [1.54, 1.807) is 24.3 Å². The van der Waals surface area contributed by atoms with E-state index in [2.05, 4.69) is 4.98 Å². The molecule has 0 aliphatic carbocycles. The molecule has 2 heterocycles. The highest BCUT2D eigenvalue weighted by atomic mass is 32.2. The molecule has 1 fully saturated rings. The number of methoxy groups -OCH3 is 2. The van der Waals surface area contributed by atoms with Crippen molar-refractivity contribution in [2.75, 3.05) is 37.9 Å². The van der Waals surface area contributed by atoms with Crippen LogP contribution in [0.25, 0.3) is 0 Å². The van der Waals surface area contributed by atoms with Crippen LogP contribution in [0.15, 0.2) is 42.5 Å². The third-order valence-electron chi connectivity index (χ3n) is 4.46. The van der Waals surface area contributed by atoms with Crippen molar-refractivity contribution in [3.05, 3.63) is 48.0 Å². The van der Waals surface area contributed by atoms with E-state index in [9.17, 15) is 18.0 Å². The van der Waals surface area contributed by atoms with E-state index in [1.807, 2.05) is 6.07 Å². The summed E-state index contributed by atoms with van der Waals surface area (Å²) in [6.07, 6.45) is 0.177. The fourth-order valence-electron chi connectivity index (χ4n) is 3.12. The van der Waals surface area contributed by atoms with Crippen LogP contribution in [0.4, 0.5) is 10.5 Å². The predicted molar refractivity (Wildman–Crippen MR) is 107 cm³/mol. The van der Waals surface area contributed by atoms with E-state index in [0.717, 1.165) is 11.8 Å². The molecule has 3 rings (SSSR count). The zero-order chi connectivity index (χ0) is 21.9. The second-order valence-corrected chi connectivity index (χ2v) is 8.27. The third kappa shape index (κ3) is 4.30. The Labute approximate surface area is 174 Å². The Hall–Kier alpha value is -3.34. The summed E-state index contributed by atoms with van der Waals surface area (Å²) in [6, 6.07) is 11.3. The zero-order valence-corrected chi connectivity index (χ0v) is 17.5. The smallest absolute Gasteiger partial charge is 0.410 e. The van der Waals surface area contributed by atoms with Gasteiger partial charge in [-0.2, -0.15) is 9.29 Å². The van der Waals surface area contributed by atoms with Crippen molar-refractivity contribution in [2.45, 2.75) is 6.04 Å². The molecule has 11 heteroatoms. The number of nitrogens with zero attached hydrogens (tertiary/aromatic N) is 3. The molecule has 30 heavy (non-hydrogen) atoms. The first-order chi connectivity index (χ1) is 14.3. The Balaban J connectivity index is 1.94. The lowest BCUT2D eigenvalue weighted by atomic mass is 10.1. The maximum Gasteiger partial charge on any atom is 0.410 e. The van der Waals surface area contributed by atoms with Crippen LogP contribution < -0.4 is 13.8 Å². The maximum absolute atomic E-state index is 13.1. The molecule has 1 saturated heterocycles. The first-order valence-electron chi connectivity index (χ1n) is 8.86. The summed E-state index contributed by atoms with van der Waals surface area (Å²) in [5, 5.41) is 0. The van der Waals surface area contributed by atoms with Gasteiger partial charge in [-0.1, -0.05) is 30.3 Å². The van der Waals surface area contributed by atoms with Crippen molar-refractivity contribution in [2.24, 2.45) is 0 Å². The molecule has 0 radical (unpaired) electrons. The van der Waals surface area contributed by atoms with Crippen LogP contribution >= 0.6 is 0 Å². The van der Waals surface area contributed by atoms with Crippen LogP contribution in [0.2, 0.25) is 0 Å². The van der Waals surface area contributed by atoms with Gasteiger partial charge in [0.05, 0.1) is 26.5 Å². The second-order valence-electron chi connectivity index (χ2n) is 6.43. The topological polar surface area (TPSA) is 115 Å². The van der Waals surface area contributed by atoms with Crippen LogP contribution in [0.3, 0.4) is 0 Å². The van der Waals surface area contributed by atoms with E-state index in [0.29, 0.717) is 4.31 Å². The number of hydrogen-bond acceptors (Lipinski definition) is 8. The number of hydrogen-bond donors (Lipinski definition) is 0. The summed E-state index contributed by atoms with van der Waals surface area (Å²) in [7, 11) is -1.38. The van der Waals surface area contributed by atoms with E-state index < -0.39 is 34.6 Å². The number of benzene rings is 1. The number of pyridine rings is 1. The summed E-state index contributed by atoms with van der Waals surface area (Å²) >= 11 is 0. The van der Waals surface area contributed by atoms with Crippen LogP contribution in [-0.2, 0) is 19.6 Å². The first kappa shape index (κ1) is 21.4. The molecular weight excluding hydrogens is 414 g/mol. The average Bonchev–Trinajstić information content (AvgIpc) is 3.08. The van der Waals surface area contributed by atoms with E-state index in [1.165, 1.54) is 31.3 Å². The number of sulfonamides is 1. The molecule has 1 aliphatic rings. The van der Waals surface area contributed by atoms with Crippen LogP contribution in [0.1, 0.15) is 11.6 Å². The minimum Gasteiger partial charge on any atom is -0.481 e. The van der Waals surface area contributed by atoms with Crippen LogP contribution in [0, 0.1) is 0 Å².